The number of halogens is 2. The maximum absolute atomic E-state index is 13.8. The minimum Gasteiger partial charge on any atom is -0.505 e. The average molecular weight is 350 g/mol. The Balaban J connectivity index is 2.12. The third-order valence-corrected chi connectivity index (χ3v) is 3.60. The Hall–Kier alpha value is -3.66. The van der Waals surface area contributed by atoms with Gasteiger partial charge in [0.05, 0.1) is 5.56 Å². The highest BCUT2D eigenvalue weighted by molar-refractivity contribution is 6.15. The van der Waals surface area contributed by atoms with Crippen molar-refractivity contribution in [1.29, 1.82) is 5.26 Å². The molecule has 26 heavy (non-hydrogen) atoms. The highest BCUT2D eigenvalue weighted by Gasteiger charge is 2.16. The SMILES string of the molecule is Cc1cc(-c2nccc(C(C#N)=Nc3ccc(F)cc3F)c2O)ccn1. The predicted octanol–water partition coefficient (Wildman–Crippen LogP) is 4.08. The normalized spacial score (nSPS) is 11.2. The van der Waals surface area contributed by atoms with E-state index in [1.54, 1.807) is 25.3 Å². The number of aryl methyl sites for hydroxylation is 1. The predicted molar refractivity (Wildman–Crippen MR) is 92.0 cm³/mol. The van der Waals surface area contributed by atoms with Crippen molar-refractivity contribution >= 4 is 11.4 Å². The Labute approximate surface area is 147 Å². The molecule has 0 saturated carbocycles. The number of nitriles is 1. The van der Waals surface area contributed by atoms with E-state index in [0.29, 0.717) is 11.6 Å². The van der Waals surface area contributed by atoms with Crippen LogP contribution in [0.2, 0.25) is 0 Å². The number of pyridine rings is 2. The van der Waals surface area contributed by atoms with Crippen molar-refractivity contribution in [3.8, 4) is 23.1 Å². The summed E-state index contributed by atoms with van der Waals surface area (Å²) < 4.78 is 26.8. The molecule has 0 aliphatic carbocycles. The van der Waals surface area contributed by atoms with E-state index in [9.17, 15) is 19.1 Å². The van der Waals surface area contributed by atoms with Gasteiger partial charge in [0.25, 0.3) is 0 Å². The first-order valence-corrected chi connectivity index (χ1v) is 7.55. The fourth-order valence-corrected chi connectivity index (χ4v) is 2.39. The molecular weight excluding hydrogens is 338 g/mol. The summed E-state index contributed by atoms with van der Waals surface area (Å²) in [6, 6.07) is 9.45. The summed E-state index contributed by atoms with van der Waals surface area (Å²) in [6.45, 7) is 1.80. The van der Waals surface area contributed by atoms with Crippen LogP contribution in [0.25, 0.3) is 11.3 Å². The summed E-state index contributed by atoms with van der Waals surface area (Å²) in [4.78, 5) is 12.1. The molecule has 0 fully saturated rings. The fraction of sp³-hybridized carbons (Fsp3) is 0.0526. The molecule has 2 heterocycles. The number of aromatic nitrogens is 2. The number of hydrogen-bond acceptors (Lipinski definition) is 5. The van der Waals surface area contributed by atoms with Gasteiger partial charge in [0, 0.05) is 29.7 Å². The minimum atomic E-state index is -0.906. The highest BCUT2D eigenvalue weighted by atomic mass is 19.1. The van der Waals surface area contributed by atoms with Crippen LogP contribution in [0.1, 0.15) is 11.3 Å². The van der Waals surface area contributed by atoms with Crippen molar-refractivity contribution in [2.24, 2.45) is 4.99 Å². The molecule has 1 aromatic carbocycles. The Morgan fingerprint density at radius 1 is 1.12 bits per heavy atom. The Morgan fingerprint density at radius 3 is 2.58 bits per heavy atom. The van der Waals surface area contributed by atoms with Crippen LogP contribution in [-0.4, -0.2) is 20.8 Å². The number of hydrogen-bond donors (Lipinski definition) is 1. The first-order valence-electron chi connectivity index (χ1n) is 7.55. The second kappa shape index (κ2) is 7.07. The van der Waals surface area contributed by atoms with Gasteiger partial charge in [-0.25, -0.2) is 13.8 Å². The third kappa shape index (κ3) is 3.39. The summed E-state index contributed by atoms with van der Waals surface area (Å²) >= 11 is 0. The molecule has 0 spiro atoms. The van der Waals surface area contributed by atoms with Gasteiger partial charge in [-0.2, -0.15) is 5.26 Å². The largest absolute Gasteiger partial charge is 0.505 e. The van der Waals surface area contributed by atoms with Crippen LogP contribution in [0.4, 0.5) is 14.5 Å². The topological polar surface area (TPSA) is 82.2 Å². The lowest BCUT2D eigenvalue weighted by atomic mass is 10.1. The lowest BCUT2D eigenvalue weighted by Crippen LogP contribution is -2.00. The molecule has 3 aromatic rings. The number of benzene rings is 1. The van der Waals surface area contributed by atoms with Crippen LogP contribution in [-0.2, 0) is 0 Å². The van der Waals surface area contributed by atoms with Gasteiger partial charge in [-0.1, -0.05) is 0 Å². The lowest BCUT2D eigenvalue weighted by molar-refractivity contribution is 0.474. The van der Waals surface area contributed by atoms with Crippen LogP contribution in [0.5, 0.6) is 5.75 Å². The summed E-state index contributed by atoms with van der Waals surface area (Å²) in [6.07, 6.45) is 2.99. The molecule has 1 N–H and O–H groups in total. The van der Waals surface area contributed by atoms with Gasteiger partial charge in [-0.3, -0.25) is 9.97 Å². The van der Waals surface area contributed by atoms with Crippen LogP contribution in [0.15, 0.2) is 53.8 Å². The molecule has 7 heteroatoms. The summed E-state index contributed by atoms with van der Waals surface area (Å²) in [5.41, 5.74) is 1.26. The van der Waals surface area contributed by atoms with Crippen LogP contribution < -0.4 is 0 Å². The number of nitrogens with zero attached hydrogens (tertiary/aromatic N) is 4. The van der Waals surface area contributed by atoms with Crippen molar-refractivity contribution in [3.05, 3.63) is 71.7 Å². The summed E-state index contributed by atoms with van der Waals surface area (Å²) in [5.74, 6) is -1.92. The second-order valence-electron chi connectivity index (χ2n) is 5.41. The van der Waals surface area contributed by atoms with E-state index in [1.807, 2.05) is 6.07 Å². The monoisotopic (exact) mass is 350 g/mol. The van der Waals surface area contributed by atoms with Crippen molar-refractivity contribution < 1.29 is 13.9 Å². The molecule has 5 nitrogen and oxygen atoms in total. The zero-order valence-corrected chi connectivity index (χ0v) is 13.6. The van der Waals surface area contributed by atoms with E-state index in [2.05, 4.69) is 15.0 Å². The number of aromatic hydroxyl groups is 1. The third-order valence-electron chi connectivity index (χ3n) is 3.60. The standard InChI is InChI=1S/C19H12F2N4O/c1-11-8-12(4-6-23-11)18-19(26)14(5-7-24-18)17(10-22)25-16-3-2-13(20)9-15(16)21/h2-9,26H,1H3. The molecule has 0 unspecified atom stereocenters. The molecule has 3 rings (SSSR count). The lowest BCUT2D eigenvalue weighted by Gasteiger charge is -2.08. The highest BCUT2D eigenvalue weighted by Crippen LogP contribution is 2.31. The molecule has 0 radical (unpaired) electrons. The molecule has 128 valence electrons. The van der Waals surface area contributed by atoms with Gasteiger partial charge >= 0.3 is 0 Å². The van der Waals surface area contributed by atoms with E-state index < -0.39 is 11.6 Å². The molecule has 0 aliphatic rings. The van der Waals surface area contributed by atoms with Crippen LogP contribution in [0, 0.1) is 29.9 Å². The molecule has 0 bridgehead atoms. The van der Waals surface area contributed by atoms with E-state index in [4.69, 9.17) is 0 Å². The molecule has 2 aromatic heterocycles. The second-order valence-corrected chi connectivity index (χ2v) is 5.41. The van der Waals surface area contributed by atoms with Crippen molar-refractivity contribution in [2.45, 2.75) is 6.92 Å². The Morgan fingerprint density at radius 2 is 1.88 bits per heavy atom. The van der Waals surface area contributed by atoms with E-state index in [-0.39, 0.29) is 28.4 Å². The Bertz CT molecular complexity index is 1060. The zero-order valence-electron chi connectivity index (χ0n) is 13.6. The summed E-state index contributed by atoms with van der Waals surface area (Å²) in [5, 5.41) is 20.0. The maximum atomic E-state index is 13.8. The molecular formula is C19H12F2N4O. The van der Waals surface area contributed by atoms with E-state index in [1.165, 1.54) is 12.3 Å². The Kier molecular flexibility index (Phi) is 4.67. The van der Waals surface area contributed by atoms with Crippen molar-refractivity contribution in [3.63, 3.8) is 0 Å². The van der Waals surface area contributed by atoms with Gasteiger partial charge in [0.2, 0.25) is 0 Å². The van der Waals surface area contributed by atoms with Crippen LogP contribution >= 0.6 is 0 Å². The first kappa shape index (κ1) is 17.2. The summed E-state index contributed by atoms with van der Waals surface area (Å²) in [7, 11) is 0. The quantitative estimate of drug-likeness (QED) is 0.722. The minimum absolute atomic E-state index is 0.0932. The smallest absolute Gasteiger partial charge is 0.152 e. The molecule has 0 amide bonds. The van der Waals surface area contributed by atoms with Gasteiger partial charge in [0.1, 0.15) is 23.3 Å². The van der Waals surface area contributed by atoms with Crippen molar-refractivity contribution in [2.75, 3.05) is 0 Å². The van der Waals surface area contributed by atoms with Gasteiger partial charge in [-0.15, -0.1) is 0 Å². The van der Waals surface area contributed by atoms with Crippen LogP contribution in [0.3, 0.4) is 0 Å². The zero-order chi connectivity index (χ0) is 18.7. The molecule has 0 aliphatic heterocycles. The van der Waals surface area contributed by atoms with Gasteiger partial charge in [-0.05, 0) is 37.3 Å². The van der Waals surface area contributed by atoms with Crippen molar-refractivity contribution in [1.82, 2.24) is 9.97 Å². The van der Waals surface area contributed by atoms with E-state index >= 15 is 0 Å². The molecule has 0 atom stereocenters. The van der Waals surface area contributed by atoms with E-state index in [0.717, 1.165) is 17.8 Å². The van der Waals surface area contributed by atoms with Gasteiger partial charge < -0.3 is 5.11 Å². The van der Waals surface area contributed by atoms with Gasteiger partial charge in [0.15, 0.2) is 17.3 Å². The first-order chi connectivity index (χ1) is 12.5. The maximum Gasteiger partial charge on any atom is 0.152 e. The number of aliphatic imine (C=N–C) groups is 1. The molecule has 0 saturated heterocycles. The number of rotatable bonds is 3. The average Bonchev–Trinajstić information content (AvgIpc) is 2.62. The fourth-order valence-electron chi connectivity index (χ4n) is 2.39.